The molecule has 0 fully saturated rings. The number of amidine groups is 1. The minimum atomic E-state index is -0.603. The number of amides is 1. The third-order valence-electron chi connectivity index (χ3n) is 3.98. The van der Waals surface area contributed by atoms with Crippen LogP contribution in [0.15, 0.2) is 25.9 Å². The van der Waals surface area contributed by atoms with Crippen molar-refractivity contribution < 1.29 is 19.3 Å². The van der Waals surface area contributed by atoms with Gasteiger partial charge in [-0.3, -0.25) is 9.89 Å². The molecule has 0 saturated heterocycles. The lowest BCUT2D eigenvalue weighted by atomic mass is 9.98. The first-order chi connectivity index (χ1) is 14.1. The molecule has 1 aliphatic rings. The van der Waals surface area contributed by atoms with Crippen molar-refractivity contribution >= 4 is 62.9 Å². The summed E-state index contributed by atoms with van der Waals surface area (Å²) in [5.74, 6) is 0.536. The van der Waals surface area contributed by atoms with Crippen LogP contribution in [0.1, 0.15) is 45.4 Å². The van der Waals surface area contributed by atoms with E-state index in [1.54, 1.807) is 23.2 Å². The van der Waals surface area contributed by atoms with E-state index in [4.69, 9.17) is 26.7 Å². The summed E-state index contributed by atoms with van der Waals surface area (Å²) < 4.78 is 6.56. The van der Waals surface area contributed by atoms with E-state index in [0.717, 1.165) is 15.8 Å². The van der Waals surface area contributed by atoms with E-state index in [9.17, 15) is 4.79 Å². The molecular weight excluding hydrogens is 492 g/mol. The molecule has 30 heavy (non-hydrogen) atoms. The van der Waals surface area contributed by atoms with E-state index in [1.807, 2.05) is 39.1 Å². The Kier molecular flexibility index (Phi) is 9.20. The molecule has 8 nitrogen and oxygen atoms in total. The number of aliphatic imine (C=N–C) groups is 2. The quantitative estimate of drug-likeness (QED) is 0.143. The van der Waals surface area contributed by atoms with Crippen molar-refractivity contribution in [2.24, 2.45) is 9.98 Å². The molecule has 1 aromatic rings. The van der Waals surface area contributed by atoms with Gasteiger partial charge in [0, 0.05) is 20.6 Å². The summed E-state index contributed by atoms with van der Waals surface area (Å²) in [6, 6.07) is 1.66. The van der Waals surface area contributed by atoms with Crippen LogP contribution in [0.4, 0.5) is 4.79 Å². The van der Waals surface area contributed by atoms with Crippen molar-refractivity contribution in [2.45, 2.75) is 52.2 Å². The molecule has 1 N–H and O–H groups in total. The first-order valence-corrected chi connectivity index (χ1v) is 11.6. The van der Waals surface area contributed by atoms with Gasteiger partial charge in [0.1, 0.15) is 11.4 Å². The number of nitrogens with zero attached hydrogens (tertiary/aromatic N) is 3. The Morgan fingerprint density at radius 2 is 2.27 bits per heavy atom. The number of carbonyl (C=O) groups is 1. The fraction of sp³-hybridized carbons (Fsp3) is 0.579. The van der Waals surface area contributed by atoms with Crippen molar-refractivity contribution in [2.75, 3.05) is 19.7 Å². The van der Waals surface area contributed by atoms with Crippen molar-refractivity contribution in [1.29, 1.82) is 0 Å². The largest absolute Gasteiger partial charge is 0.443 e. The zero-order valence-electron chi connectivity index (χ0n) is 17.7. The highest BCUT2D eigenvalue weighted by molar-refractivity contribution is 9.10. The van der Waals surface area contributed by atoms with Crippen molar-refractivity contribution in [3.05, 3.63) is 20.8 Å². The summed E-state index contributed by atoms with van der Waals surface area (Å²) in [6.07, 6.45) is 0.698. The number of ether oxygens (including phenoxy) is 1. The minimum Gasteiger partial charge on any atom is -0.443 e. The number of thiophene rings is 1. The van der Waals surface area contributed by atoms with Gasteiger partial charge in [0.15, 0.2) is 5.11 Å². The molecule has 0 spiro atoms. The van der Waals surface area contributed by atoms with Gasteiger partial charge in [0.05, 0.1) is 25.7 Å². The van der Waals surface area contributed by atoms with Gasteiger partial charge in [-0.25, -0.2) is 4.79 Å². The highest BCUT2D eigenvalue weighted by atomic mass is 79.9. The van der Waals surface area contributed by atoms with Gasteiger partial charge in [0.25, 0.3) is 0 Å². The molecule has 166 valence electrons. The fourth-order valence-electron chi connectivity index (χ4n) is 2.72. The van der Waals surface area contributed by atoms with Crippen LogP contribution in [0.5, 0.6) is 0 Å². The Morgan fingerprint density at radius 1 is 1.53 bits per heavy atom. The predicted octanol–water partition coefficient (Wildman–Crippen LogP) is 4.50. The zero-order valence-corrected chi connectivity index (χ0v) is 20.9. The van der Waals surface area contributed by atoms with Gasteiger partial charge in [-0.2, -0.15) is 9.88 Å². The topological polar surface area (TPSA) is 84.8 Å². The third-order valence-corrected chi connectivity index (χ3v) is 6.10. The molecule has 2 heterocycles. The molecule has 11 heteroatoms. The van der Waals surface area contributed by atoms with E-state index in [0.29, 0.717) is 25.5 Å². The molecule has 1 aliphatic heterocycles. The number of halogens is 1. The van der Waals surface area contributed by atoms with Crippen LogP contribution in [0.3, 0.4) is 0 Å². The smallest absolute Gasteiger partial charge is 0.415 e. The van der Waals surface area contributed by atoms with Crippen LogP contribution in [0, 0.1) is 0 Å². The summed E-state index contributed by atoms with van der Waals surface area (Å²) in [6.45, 7) is 10.7. The summed E-state index contributed by atoms with van der Waals surface area (Å²) in [7, 11) is 0. The second-order valence-corrected chi connectivity index (χ2v) is 9.74. The average Bonchev–Trinajstić information content (AvgIpc) is 3.30. The highest BCUT2D eigenvalue weighted by Gasteiger charge is 2.36. The maximum atomic E-state index is 12.8. The number of nitrogens with one attached hydrogen (secondary N) is 1. The second kappa shape index (κ2) is 11.2. The average molecular weight is 519 g/mol. The first-order valence-electron chi connectivity index (χ1n) is 9.52. The molecule has 1 unspecified atom stereocenters. The Labute approximate surface area is 194 Å². The van der Waals surface area contributed by atoms with Crippen LogP contribution < -0.4 is 5.32 Å². The highest BCUT2D eigenvalue weighted by Crippen LogP contribution is 2.31. The predicted molar refractivity (Wildman–Crippen MR) is 126 cm³/mol. The van der Waals surface area contributed by atoms with Crippen LogP contribution in [-0.2, 0) is 14.5 Å². The summed E-state index contributed by atoms with van der Waals surface area (Å²) in [4.78, 5) is 33.6. The van der Waals surface area contributed by atoms with Gasteiger partial charge < -0.3 is 14.9 Å². The summed E-state index contributed by atoms with van der Waals surface area (Å²) in [5, 5.41) is 5.41. The summed E-state index contributed by atoms with van der Waals surface area (Å²) >= 11 is 10.5. The molecule has 2 atom stereocenters. The van der Waals surface area contributed by atoms with Crippen LogP contribution >= 0.6 is 39.5 Å². The number of hydrogen-bond acceptors (Lipinski definition) is 7. The molecule has 1 aromatic heterocycles. The van der Waals surface area contributed by atoms with E-state index in [-0.39, 0.29) is 17.1 Å². The number of rotatable bonds is 7. The van der Waals surface area contributed by atoms with Crippen molar-refractivity contribution in [3.8, 4) is 0 Å². The lowest BCUT2D eigenvalue weighted by Gasteiger charge is -2.31. The maximum absolute atomic E-state index is 12.8. The minimum absolute atomic E-state index is 0.0379. The Hall–Kier alpha value is -1.56. The number of hydrogen-bond donors (Lipinski definition) is 1. The van der Waals surface area contributed by atoms with E-state index < -0.39 is 11.7 Å². The first kappa shape index (κ1) is 24.7. The van der Waals surface area contributed by atoms with E-state index in [2.05, 4.69) is 31.2 Å². The molecule has 1 amide bonds. The fourth-order valence-corrected chi connectivity index (χ4v) is 4.43. The molecule has 0 aromatic carbocycles. The van der Waals surface area contributed by atoms with E-state index in [1.165, 1.54) is 0 Å². The summed E-state index contributed by atoms with van der Waals surface area (Å²) in [5.41, 5.74) is -0.603. The number of thiocarbonyl (C=S) groups is 1. The van der Waals surface area contributed by atoms with Crippen molar-refractivity contribution in [3.63, 3.8) is 0 Å². The van der Waals surface area contributed by atoms with Crippen LogP contribution in [0.25, 0.3) is 0 Å². The molecule has 0 bridgehead atoms. The van der Waals surface area contributed by atoms with Gasteiger partial charge in [-0.15, -0.1) is 11.3 Å². The molecule has 2 rings (SSSR count). The van der Waals surface area contributed by atoms with Gasteiger partial charge in [0.2, 0.25) is 6.40 Å². The third kappa shape index (κ3) is 7.29. The Bertz CT molecular complexity index is 807. The van der Waals surface area contributed by atoms with Crippen molar-refractivity contribution in [1.82, 2.24) is 10.2 Å². The standard InChI is InChI=1S/C19H27BrN4O4S2/c1-6-26-27-11-22-17(29)23-15(12(2)14-9-13(20)10-30-14)16-21-7-8-24(16)18(25)28-19(3,4)5/h9-12,15H,6-8H2,1-5H3,(H,23,29)/t12-,15?/m0/s1. The van der Waals surface area contributed by atoms with Gasteiger partial charge in [-0.1, -0.05) is 6.92 Å². The van der Waals surface area contributed by atoms with E-state index >= 15 is 0 Å². The normalized spacial score (nSPS) is 16.3. The Morgan fingerprint density at radius 3 is 2.87 bits per heavy atom. The Balaban J connectivity index is 2.24. The van der Waals surface area contributed by atoms with Crippen LogP contribution in [-0.4, -0.2) is 59.7 Å². The molecule has 0 aliphatic carbocycles. The molecule has 0 saturated carbocycles. The van der Waals surface area contributed by atoms with Crippen LogP contribution in [0.2, 0.25) is 0 Å². The number of carbonyl (C=O) groups excluding carboxylic acids is 1. The lowest BCUT2D eigenvalue weighted by Crippen LogP contribution is -2.51. The zero-order chi connectivity index (χ0) is 22.3. The SMILES string of the molecule is CCOOC=NC(=S)NC(C1=NCCN1C(=O)OC(C)(C)C)[C@@H](C)c1cc(Br)cs1. The lowest BCUT2D eigenvalue weighted by molar-refractivity contribution is -0.211. The van der Waals surface area contributed by atoms with Gasteiger partial charge >= 0.3 is 6.09 Å². The monoisotopic (exact) mass is 518 g/mol. The molecular formula is C19H27BrN4O4S2. The van der Waals surface area contributed by atoms with Gasteiger partial charge in [-0.05, 0) is 61.9 Å². The second-order valence-electron chi connectivity index (χ2n) is 7.49. The maximum Gasteiger partial charge on any atom is 0.415 e. The molecule has 0 radical (unpaired) electrons.